The molecule has 0 rings (SSSR count). The van der Waals surface area contributed by atoms with E-state index in [1.165, 1.54) is 0 Å². The van der Waals surface area contributed by atoms with Crippen molar-refractivity contribution in [1.82, 2.24) is 0 Å². The van der Waals surface area contributed by atoms with E-state index in [1.807, 2.05) is 0 Å². The van der Waals surface area contributed by atoms with Gasteiger partial charge in [0.2, 0.25) is 0 Å². The Labute approximate surface area is 67.6 Å². The summed E-state index contributed by atoms with van der Waals surface area (Å²) in [6, 6.07) is 0. The van der Waals surface area contributed by atoms with Crippen LogP contribution in [0.2, 0.25) is 0 Å². The fourth-order valence-electron chi connectivity index (χ4n) is 0.310. The largest absolute Gasteiger partial charge is 0.392 e. The maximum absolute atomic E-state index is 8.65. The lowest BCUT2D eigenvalue weighted by Gasteiger charge is -2.01. The van der Waals surface area contributed by atoms with Crippen molar-refractivity contribution in [3.8, 4) is 0 Å². The van der Waals surface area contributed by atoms with Crippen molar-refractivity contribution in [2.45, 2.75) is 12.5 Å². The van der Waals surface area contributed by atoms with Gasteiger partial charge in [0.05, 0.1) is 6.10 Å². The van der Waals surface area contributed by atoms with Crippen LogP contribution in [0.3, 0.4) is 0 Å². The summed E-state index contributed by atoms with van der Waals surface area (Å²) in [5, 5.41) is 8.65. The second-order valence-electron chi connectivity index (χ2n) is 1.47. The highest BCUT2D eigenvalue weighted by Gasteiger charge is 1.95. The van der Waals surface area contributed by atoms with Crippen LogP contribution in [0.4, 0.5) is 0 Å². The Morgan fingerprint density at radius 1 is 1.22 bits per heavy atom. The highest BCUT2D eigenvalue weighted by atomic mass is 35.5. The summed E-state index contributed by atoms with van der Waals surface area (Å²) in [5.74, 6) is 0. The van der Waals surface area contributed by atoms with E-state index in [9.17, 15) is 0 Å². The number of hydrogen-bond acceptors (Lipinski definition) is 3. The fourth-order valence-corrected chi connectivity index (χ4v) is 0.310. The van der Waals surface area contributed by atoms with E-state index in [4.69, 9.17) is 16.6 Å². The molecule has 3 nitrogen and oxygen atoms in total. The highest BCUT2D eigenvalue weighted by molar-refractivity contribution is 5.85. The molecule has 0 aromatic rings. The molecule has 0 saturated heterocycles. The standard InChI is InChI=1S/C4H12N2O.2ClH/c5-2-1-4(7)3-6;;/h4,7H,1-3,5-6H2;2*1H. The van der Waals surface area contributed by atoms with E-state index in [-0.39, 0.29) is 24.8 Å². The quantitative estimate of drug-likeness (QED) is 0.544. The van der Waals surface area contributed by atoms with E-state index < -0.39 is 6.10 Å². The molecule has 0 aliphatic carbocycles. The Morgan fingerprint density at radius 3 is 1.78 bits per heavy atom. The first-order valence-electron chi connectivity index (χ1n) is 2.39. The van der Waals surface area contributed by atoms with E-state index in [0.29, 0.717) is 19.5 Å². The Balaban J connectivity index is -0.000000180. The van der Waals surface area contributed by atoms with Crippen molar-refractivity contribution < 1.29 is 5.11 Å². The Hall–Kier alpha value is 0.460. The van der Waals surface area contributed by atoms with E-state index in [1.54, 1.807) is 0 Å². The van der Waals surface area contributed by atoms with Gasteiger partial charge in [0.15, 0.2) is 0 Å². The average molecular weight is 177 g/mol. The van der Waals surface area contributed by atoms with Crippen LogP contribution in [0.25, 0.3) is 0 Å². The predicted octanol–water partition coefficient (Wildman–Crippen LogP) is -0.502. The van der Waals surface area contributed by atoms with Gasteiger partial charge in [-0.25, -0.2) is 0 Å². The molecule has 1 atom stereocenters. The maximum atomic E-state index is 8.65. The molecule has 0 saturated carbocycles. The zero-order chi connectivity index (χ0) is 5.70. The number of aliphatic hydroxyl groups excluding tert-OH is 1. The van der Waals surface area contributed by atoms with E-state index in [2.05, 4.69) is 0 Å². The van der Waals surface area contributed by atoms with Gasteiger partial charge in [0, 0.05) is 6.54 Å². The third-order valence-corrected chi connectivity index (χ3v) is 0.772. The Bertz CT molecular complexity index is 47.5. The van der Waals surface area contributed by atoms with Gasteiger partial charge in [-0.05, 0) is 13.0 Å². The minimum Gasteiger partial charge on any atom is -0.392 e. The second-order valence-corrected chi connectivity index (χ2v) is 1.47. The zero-order valence-corrected chi connectivity index (χ0v) is 6.75. The molecule has 0 radical (unpaired) electrons. The van der Waals surface area contributed by atoms with Gasteiger partial charge in [-0.15, -0.1) is 24.8 Å². The lowest BCUT2D eigenvalue weighted by atomic mass is 10.3. The lowest BCUT2D eigenvalue weighted by Crippen LogP contribution is -2.22. The summed E-state index contributed by atoms with van der Waals surface area (Å²) in [6.07, 6.45) is 0.209. The first-order valence-corrected chi connectivity index (χ1v) is 2.39. The first-order chi connectivity index (χ1) is 3.31. The van der Waals surface area contributed by atoms with Crippen LogP contribution in [0.5, 0.6) is 0 Å². The van der Waals surface area contributed by atoms with Gasteiger partial charge >= 0.3 is 0 Å². The molecule has 0 amide bonds. The van der Waals surface area contributed by atoms with Gasteiger partial charge in [-0.3, -0.25) is 0 Å². The summed E-state index contributed by atoms with van der Waals surface area (Å²) in [5.41, 5.74) is 10.1. The monoisotopic (exact) mass is 176 g/mol. The summed E-state index contributed by atoms with van der Waals surface area (Å²) < 4.78 is 0. The Kier molecular flexibility index (Phi) is 20.3. The molecule has 0 fully saturated rings. The topological polar surface area (TPSA) is 72.3 Å². The van der Waals surface area contributed by atoms with Crippen LogP contribution in [0, 0.1) is 0 Å². The fraction of sp³-hybridized carbons (Fsp3) is 1.00. The molecule has 0 aromatic heterocycles. The summed E-state index contributed by atoms with van der Waals surface area (Å²) >= 11 is 0. The molecular weight excluding hydrogens is 163 g/mol. The van der Waals surface area contributed by atoms with E-state index in [0.717, 1.165) is 0 Å². The van der Waals surface area contributed by atoms with Gasteiger partial charge in [0.25, 0.3) is 0 Å². The van der Waals surface area contributed by atoms with Crippen molar-refractivity contribution in [1.29, 1.82) is 0 Å². The number of nitrogens with two attached hydrogens (primary N) is 2. The SMILES string of the molecule is Cl.Cl.NCCC(O)CN. The molecule has 0 aromatic carbocycles. The van der Waals surface area contributed by atoms with Gasteiger partial charge in [-0.2, -0.15) is 0 Å². The van der Waals surface area contributed by atoms with Gasteiger partial charge in [0.1, 0.15) is 0 Å². The molecule has 1 unspecified atom stereocenters. The normalized spacial score (nSPS) is 11.0. The van der Waals surface area contributed by atoms with Crippen LogP contribution in [0.1, 0.15) is 6.42 Å². The molecule has 0 spiro atoms. The Morgan fingerprint density at radius 2 is 1.67 bits per heavy atom. The molecule has 0 bridgehead atoms. The maximum Gasteiger partial charge on any atom is 0.0674 e. The van der Waals surface area contributed by atoms with Crippen LogP contribution < -0.4 is 11.5 Å². The number of hydrogen-bond donors (Lipinski definition) is 3. The van der Waals surface area contributed by atoms with Crippen molar-refractivity contribution in [3.63, 3.8) is 0 Å². The predicted molar refractivity (Wildman–Crippen MR) is 43.2 cm³/mol. The lowest BCUT2D eigenvalue weighted by molar-refractivity contribution is 0.175. The molecule has 9 heavy (non-hydrogen) atoms. The van der Waals surface area contributed by atoms with Gasteiger partial charge in [-0.1, -0.05) is 0 Å². The van der Waals surface area contributed by atoms with Crippen LogP contribution in [-0.4, -0.2) is 24.3 Å². The molecule has 0 heterocycles. The van der Waals surface area contributed by atoms with Crippen molar-refractivity contribution in [3.05, 3.63) is 0 Å². The van der Waals surface area contributed by atoms with Crippen LogP contribution in [-0.2, 0) is 0 Å². The molecule has 5 heteroatoms. The minimum absolute atomic E-state index is 0. The molecule has 5 N–H and O–H groups in total. The summed E-state index contributed by atoms with van der Waals surface area (Å²) in [6.45, 7) is 0.829. The molecule has 60 valence electrons. The average Bonchev–Trinajstić information content (AvgIpc) is 1.68. The van der Waals surface area contributed by atoms with Crippen molar-refractivity contribution >= 4 is 24.8 Å². The van der Waals surface area contributed by atoms with Crippen molar-refractivity contribution in [2.75, 3.05) is 13.1 Å². The summed E-state index contributed by atoms with van der Waals surface area (Å²) in [4.78, 5) is 0. The van der Waals surface area contributed by atoms with Crippen LogP contribution >= 0.6 is 24.8 Å². The minimum atomic E-state index is -0.398. The number of aliphatic hydroxyl groups is 1. The zero-order valence-electron chi connectivity index (χ0n) is 5.12. The number of rotatable bonds is 3. The third kappa shape index (κ3) is 11.8. The van der Waals surface area contributed by atoms with Crippen molar-refractivity contribution in [2.24, 2.45) is 11.5 Å². The van der Waals surface area contributed by atoms with E-state index >= 15 is 0 Å². The molecule has 0 aliphatic rings. The highest BCUT2D eigenvalue weighted by Crippen LogP contribution is 1.81. The molecule has 0 aliphatic heterocycles. The summed E-state index contributed by atoms with van der Waals surface area (Å²) in [7, 11) is 0. The molecular formula is C4H14Cl2N2O. The first kappa shape index (κ1) is 16.2. The smallest absolute Gasteiger partial charge is 0.0674 e. The third-order valence-electron chi connectivity index (χ3n) is 0.772. The number of halogens is 2. The second kappa shape index (κ2) is 11.3. The van der Waals surface area contributed by atoms with Gasteiger partial charge < -0.3 is 16.6 Å². The van der Waals surface area contributed by atoms with Crippen LogP contribution in [0.15, 0.2) is 0 Å².